The first-order valence-electron chi connectivity index (χ1n) is 5.68. The first kappa shape index (κ1) is 9.85. The monoisotopic (exact) mass is 218 g/mol. The fourth-order valence-electron chi connectivity index (χ4n) is 2.57. The van der Waals surface area contributed by atoms with Crippen LogP contribution < -0.4 is 0 Å². The average molecular weight is 218 g/mol. The maximum Gasteiger partial charge on any atom is 0.143 e. The molecule has 84 valence electrons. The average Bonchev–Trinajstić information content (AvgIpc) is 2.66. The van der Waals surface area contributed by atoms with E-state index in [4.69, 9.17) is 0 Å². The van der Waals surface area contributed by atoms with E-state index >= 15 is 0 Å². The minimum atomic E-state index is -0.365. The van der Waals surface area contributed by atoms with Crippen molar-refractivity contribution in [1.82, 2.24) is 9.88 Å². The second-order valence-electron chi connectivity index (χ2n) is 4.55. The highest BCUT2D eigenvalue weighted by Gasteiger charge is 2.25. The van der Waals surface area contributed by atoms with Crippen LogP contribution in [0.2, 0.25) is 0 Å². The van der Waals surface area contributed by atoms with E-state index in [1.165, 1.54) is 22.2 Å². The molecule has 0 radical (unpaired) electrons. The number of aromatic amines is 1. The molecule has 3 rings (SSSR count). The van der Waals surface area contributed by atoms with Gasteiger partial charge in [-0.2, -0.15) is 0 Å². The van der Waals surface area contributed by atoms with Crippen molar-refractivity contribution < 1.29 is 4.39 Å². The van der Waals surface area contributed by atoms with Gasteiger partial charge in [-0.05, 0) is 25.0 Å². The van der Waals surface area contributed by atoms with E-state index < -0.39 is 0 Å². The lowest BCUT2D eigenvalue weighted by molar-refractivity contribution is 0.118. The predicted octanol–water partition coefficient (Wildman–Crippen LogP) is 2.84. The Labute approximate surface area is 94.1 Å². The van der Waals surface area contributed by atoms with Gasteiger partial charge in [-0.15, -0.1) is 0 Å². The molecule has 0 aliphatic carbocycles. The van der Waals surface area contributed by atoms with E-state index in [2.05, 4.69) is 30.1 Å². The zero-order valence-corrected chi connectivity index (χ0v) is 9.33. The second kappa shape index (κ2) is 3.59. The number of alkyl halides is 1. The van der Waals surface area contributed by atoms with E-state index in [9.17, 15) is 4.39 Å². The number of nitrogens with zero attached hydrogens (tertiary/aromatic N) is 1. The highest BCUT2D eigenvalue weighted by Crippen LogP contribution is 2.29. The summed E-state index contributed by atoms with van der Waals surface area (Å²) in [5.41, 5.74) is 3.71. The molecule has 0 unspecified atom stereocenters. The number of fused-ring (bicyclic) bond motifs is 3. The van der Waals surface area contributed by atoms with Crippen LogP contribution in [0.5, 0.6) is 0 Å². The van der Waals surface area contributed by atoms with Crippen molar-refractivity contribution >= 4 is 10.9 Å². The summed E-state index contributed by atoms with van der Waals surface area (Å²) in [4.78, 5) is 5.25. The van der Waals surface area contributed by atoms with Gasteiger partial charge in [0.05, 0.1) is 0 Å². The van der Waals surface area contributed by atoms with Gasteiger partial charge < -0.3 is 4.98 Å². The SMILES string of the molecule is C[C@@H]1Cc2c([nH]c3ccccc23)CN1CF. The Kier molecular flexibility index (Phi) is 2.21. The van der Waals surface area contributed by atoms with Crippen molar-refractivity contribution in [1.29, 1.82) is 0 Å². The molecule has 0 saturated carbocycles. The molecule has 0 saturated heterocycles. The Hall–Kier alpha value is -1.35. The van der Waals surface area contributed by atoms with Crippen molar-refractivity contribution in [2.75, 3.05) is 6.80 Å². The number of para-hydroxylation sites is 1. The molecule has 1 aliphatic rings. The molecule has 0 bridgehead atoms. The summed E-state index contributed by atoms with van der Waals surface area (Å²) in [6.45, 7) is 2.42. The number of hydrogen-bond donors (Lipinski definition) is 1. The molecule has 0 fully saturated rings. The Morgan fingerprint density at radius 3 is 3.06 bits per heavy atom. The van der Waals surface area contributed by atoms with Gasteiger partial charge in [0.2, 0.25) is 0 Å². The molecule has 2 nitrogen and oxygen atoms in total. The molecular weight excluding hydrogens is 203 g/mol. The van der Waals surface area contributed by atoms with Gasteiger partial charge >= 0.3 is 0 Å². The molecule has 3 heteroatoms. The Balaban J connectivity index is 2.12. The van der Waals surface area contributed by atoms with E-state index in [0.29, 0.717) is 6.54 Å². The lowest BCUT2D eigenvalue weighted by Crippen LogP contribution is -2.37. The highest BCUT2D eigenvalue weighted by molar-refractivity contribution is 5.84. The first-order chi connectivity index (χ1) is 7.79. The van der Waals surface area contributed by atoms with E-state index in [0.717, 1.165) is 6.42 Å². The van der Waals surface area contributed by atoms with Crippen LogP contribution in [0.3, 0.4) is 0 Å². The van der Waals surface area contributed by atoms with E-state index in [1.54, 1.807) is 0 Å². The molecule has 1 N–H and O–H groups in total. The largest absolute Gasteiger partial charge is 0.357 e. The quantitative estimate of drug-likeness (QED) is 0.729. The van der Waals surface area contributed by atoms with Gasteiger partial charge in [-0.1, -0.05) is 18.2 Å². The molecule has 0 amide bonds. The smallest absolute Gasteiger partial charge is 0.143 e. The van der Waals surface area contributed by atoms with Crippen LogP contribution in [0.1, 0.15) is 18.2 Å². The molecule has 1 aromatic carbocycles. The molecule has 1 atom stereocenters. The van der Waals surface area contributed by atoms with Crippen LogP contribution in [0.4, 0.5) is 4.39 Å². The maximum absolute atomic E-state index is 12.8. The van der Waals surface area contributed by atoms with E-state index in [1.807, 2.05) is 11.0 Å². The third kappa shape index (κ3) is 1.35. The second-order valence-corrected chi connectivity index (χ2v) is 4.55. The minimum Gasteiger partial charge on any atom is -0.357 e. The number of rotatable bonds is 1. The third-order valence-electron chi connectivity index (χ3n) is 3.54. The summed E-state index contributed by atoms with van der Waals surface area (Å²) in [6, 6.07) is 8.60. The first-order valence-corrected chi connectivity index (χ1v) is 5.68. The number of halogens is 1. The summed E-state index contributed by atoms with van der Waals surface area (Å²) in [7, 11) is 0. The van der Waals surface area contributed by atoms with Gasteiger partial charge in [0.15, 0.2) is 0 Å². The number of hydrogen-bond acceptors (Lipinski definition) is 1. The topological polar surface area (TPSA) is 19.0 Å². The molecule has 0 spiro atoms. The molecular formula is C13H15FN2. The van der Waals surface area contributed by atoms with Gasteiger partial charge in [0.25, 0.3) is 0 Å². The maximum atomic E-state index is 12.8. The van der Waals surface area contributed by atoms with Crippen molar-refractivity contribution in [3.05, 3.63) is 35.5 Å². The van der Waals surface area contributed by atoms with Gasteiger partial charge in [0, 0.05) is 29.2 Å². The Morgan fingerprint density at radius 1 is 1.44 bits per heavy atom. The van der Waals surface area contributed by atoms with Crippen molar-refractivity contribution in [2.24, 2.45) is 0 Å². The zero-order valence-electron chi connectivity index (χ0n) is 9.33. The third-order valence-corrected chi connectivity index (χ3v) is 3.54. The molecule has 2 heterocycles. The van der Waals surface area contributed by atoms with Crippen LogP contribution in [0.25, 0.3) is 10.9 Å². The molecule has 1 aliphatic heterocycles. The molecule has 2 aromatic rings. The van der Waals surface area contributed by atoms with Crippen molar-refractivity contribution in [3.8, 4) is 0 Å². The molecule has 1 aromatic heterocycles. The van der Waals surface area contributed by atoms with Crippen LogP contribution in [0.15, 0.2) is 24.3 Å². The fourth-order valence-corrected chi connectivity index (χ4v) is 2.57. The normalized spacial score (nSPS) is 21.2. The Bertz CT molecular complexity index is 518. The van der Waals surface area contributed by atoms with E-state index in [-0.39, 0.29) is 12.8 Å². The minimum absolute atomic E-state index is 0.289. The molecule has 16 heavy (non-hydrogen) atoms. The van der Waals surface area contributed by atoms with Crippen LogP contribution in [0, 0.1) is 0 Å². The number of benzene rings is 1. The predicted molar refractivity (Wildman–Crippen MR) is 63.0 cm³/mol. The number of H-pyrrole nitrogens is 1. The summed E-state index contributed by atoms with van der Waals surface area (Å²) < 4.78 is 12.8. The van der Waals surface area contributed by atoms with Crippen molar-refractivity contribution in [2.45, 2.75) is 25.9 Å². The van der Waals surface area contributed by atoms with Crippen LogP contribution >= 0.6 is 0 Å². The Morgan fingerprint density at radius 2 is 2.25 bits per heavy atom. The fraction of sp³-hybridized carbons (Fsp3) is 0.385. The van der Waals surface area contributed by atoms with Gasteiger partial charge in [-0.25, -0.2) is 4.39 Å². The summed E-state index contributed by atoms with van der Waals surface area (Å²) in [5.74, 6) is 0. The van der Waals surface area contributed by atoms with Gasteiger partial charge in [-0.3, -0.25) is 4.90 Å². The highest BCUT2D eigenvalue weighted by atomic mass is 19.1. The standard InChI is InChI=1S/C13H15FN2/c1-9-6-11-10-4-2-3-5-12(10)15-13(11)7-16(9)8-14/h2-5,9,15H,6-8H2,1H3/t9-/m1/s1. The number of aromatic nitrogens is 1. The number of nitrogens with one attached hydrogen (secondary N) is 1. The van der Waals surface area contributed by atoms with Crippen LogP contribution in [-0.4, -0.2) is 22.7 Å². The lowest BCUT2D eigenvalue weighted by atomic mass is 9.98. The van der Waals surface area contributed by atoms with Crippen LogP contribution in [-0.2, 0) is 13.0 Å². The summed E-state index contributed by atoms with van der Waals surface area (Å²) >= 11 is 0. The summed E-state index contributed by atoms with van der Waals surface area (Å²) in [6.07, 6.45) is 0.934. The summed E-state index contributed by atoms with van der Waals surface area (Å²) in [5, 5.41) is 1.29. The van der Waals surface area contributed by atoms with Gasteiger partial charge in [0.1, 0.15) is 6.80 Å². The lowest BCUT2D eigenvalue weighted by Gasteiger charge is -2.30. The van der Waals surface area contributed by atoms with Crippen molar-refractivity contribution in [3.63, 3.8) is 0 Å². The zero-order chi connectivity index (χ0) is 11.1.